The van der Waals surface area contributed by atoms with Gasteiger partial charge < -0.3 is 9.84 Å². The molecule has 244 valence electrons. The minimum atomic E-state index is -0.268. The van der Waals surface area contributed by atoms with Crippen LogP contribution in [0.2, 0.25) is 0 Å². The molecule has 0 amide bonds. The maximum absolute atomic E-state index is 12.9. The van der Waals surface area contributed by atoms with Gasteiger partial charge in [0.15, 0.2) is 5.78 Å². The van der Waals surface area contributed by atoms with Crippen LogP contribution in [0.15, 0.2) is 118 Å². The SMILES string of the molecule is CCCC1=C(C)C2=CC3=C(C)C(=C(C)O)C(=N3)C=C3N=C(C=C4N=C(C=C1C2)C(CCC(=O)OC)=C4C)C(C(C)=O)=C3C.O=C=O.[CH3+]. The molecule has 0 aromatic carbocycles. The van der Waals surface area contributed by atoms with Gasteiger partial charge in [0.25, 0.3) is 0 Å². The number of ether oxygens (including phenoxy) is 1. The van der Waals surface area contributed by atoms with Crippen LogP contribution in [0.5, 0.6) is 0 Å². The molecule has 0 fully saturated rings. The zero-order valence-electron chi connectivity index (χ0n) is 28.7. The van der Waals surface area contributed by atoms with E-state index in [1.165, 1.54) is 29.4 Å². The van der Waals surface area contributed by atoms with Crippen molar-refractivity contribution in [2.75, 3.05) is 7.11 Å². The largest absolute Gasteiger partial charge is 0.512 e. The van der Waals surface area contributed by atoms with Gasteiger partial charge in [-0.15, -0.1) is 0 Å². The number of allylic oxidation sites excluding steroid dienone is 15. The number of carbonyl (C=O) groups is 2. The number of methoxy groups -OCH3 is 1. The Hall–Kier alpha value is -5.14. The van der Waals surface area contributed by atoms with Crippen LogP contribution in [0, 0.1) is 7.43 Å². The lowest BCUT2D eigenvalue weighted by molar-refractivity contribution is -0.191. The molecule has 8 bridgehead atoms. The second-order valence-corrected chi connectivity index (χ2v) is 11.7. The minimum absolute atomic E-state index is 0. The molecular formula is C38H42N3O6+. The van der Waals surface area contributed by atoms with E-state index >= 15 is 0 Å². The number of aliphatic hydroxyl groups excluding tert-OH is 1. The Morgan fingerprint density at radius 2 is 1.43 bits per heavy atom. The number of Topliss-reactive ketones (excluding diaryl/α,β-unsaturated/α-hetero) is 1. The van der Waals surface area contributed by atoms with Crippen molar-refractivity contribution >= 4 is 35.0 Å². The van der Waals surface area contributed by atoms with Gasteiger partial charge in [0, 0.05) is 25.0 Å². The lowest BCUT2D eigenvalue weighted by atomic mass is 9.95. The van der Waals surface area contributed by atoms with Crippen molar-refractivity contribution in [3.05, 3.63) is 110 Å². The van der Waals surface area contributed by atoms with E-state index in [2.05, 4.69) is 26.0 Å². The fourth-order valence-corrected chi connectivity index (χ4v) is 6.47. The van der Waals surface area contributed by atoms with E-state index < -0.39 is 0 Å². The molecule has 0 aromatic rings. The van der Waals surface area contributed by atoms with Crippen LogP contribution >= 0.6 is 0 Å². The predicted molar refractivity (Wildman–Crippen MR) is 184 cm³/mol. The van der Waals surface area contributed by atoms with Crippen LogP contribution in [0.25, 0.3) is 0 Å². The van der Waals surface area contributed by atoms with Crippen molar-refractivity contribution in [2.24, 2.45) is 15.0 Å². The molecule has 0 atom stereocenters. The highest BCUT2D eigenvalue weighted by Gasteiger charge is 2.30. The summed E-state index contributed by atoms with van der Waals surface area (Å²) in [5.41, 5.74) is 13.9. The Morgan fingerprint density at radius 1 is 0.809 bits per heavy atom. The summed E-state index contributed by atoms with van der Waals surface area (Å²) in [4.78, 5) is 56.2. The summed E-state index contributed by atoms with van der Waals surface area (Å²) in [6.07, 6.45) is 11.7. The number of hydrogen-bond acceptors (Lipinski definition) is 9. The summed E-state index contributed by atoms with van der Waals surface area (Å²) in [5, 5.41) is 10.7. The first kappa shape index (κ1) is 36.3. The van der Waals surface area contributed by atoms with Crippen molar-refractivity contribution in [2.45, 2.75) is 80.6 Å². The van der Waals surface area contributed by atoms with E-state index in [1.807, 2.05) is 32.9 Å². The van der Waals surface area contributed by atoms with E-state index in [-0.39, 0.29) is 37.5 Å². The number of aliphatic imine (C=N–C) groups is 3. The topological polar surface area (TPSA) is 135 Å². The van der Waals surface area contributed by atoms with E-state index in [0.29, 0.717) is 34.7 Å². The normalized spacial score (nSPS) is 19.4. The maximum Gasteiger partial charge on any atom is 0.373 e. The van der Waals surface area contributed by atoms with Gasteiger partial charge in [-0.3, -0.25) is 9.59 Å². The molecule has 9 heteroatoms. The summed E-state index contributed by atoms with van der Waals surface area (Å²) in [6.45, 7) is 13.5. The van der Waals surface area contributed by atoms with Crippen molar-refractivity contribution < 1.29 is 29.0 Å². The molecule has 0 saturated carbocycles. The summed E-state index contributed by atoms with van der Waals surface area (Å²) >= 11 is 0. The first-order chi connectivity index (χ1) is 21.9. The first-order valence-corrected chi connectivity index (χ1v) is 15.3. The third-order valence-electron chi connectivity index (χ3n) is 8.79. The third kappa shape index (κ3) is 7.16. The summed E-state index contributed by atoms with van der Waals surface area (Å²) < 4.78 is 4.94. The Kier molecular flexibility index (Phi) is 11.6. The van der Waals surface area contributed by atoms with Crippen molar-refractivity contribution in [3.63, 3.8) is 0 Å². The standard InChI is InChI=1S/C36H39N3O4.CO2.CH3/c1-9-10-26-18(2)24-13-25(26)15-31-27(11-12-34(42)43-8)19(3)29(37-31)16-32-36(23(7)41)21(5)30(39-32)17-33-35(22(6)40)20(4)28(14-24)38-33;2-1-3;/h14-17,40H,9-13H2,1-8H3;;1H3/q;;+1. The molecule has 0 spiro atoms. The number of rotatable bonds is 6. The lowest BCUT2D eigenvalue weighted by Gasteiger charge is -2.08. The number of aliphatic hydroxyl groups is 1. The van der Waals surface area contributed by atoms with Crippen LogP contribution < -0.4 is 0 Å². The van der Waals surface area contributed by atoms with Crippen LogP contribution in [-0.4, -0.2) is 47.3 Å². The average molecular weight is 637 g/mol. The molecule has 0 radical (unpaired) electrons. The minimum Gasteiger partial charge on any atom is -0.512 e. The van der Waals surface area contributed by atoms with Crippen LogP contribution in [-0.2, 0) is 23.9 Å². The summed E-state index contributed by atoms with van der Waals surface area (Å²) in [6, 6.07) is 0. The fraction of sp³-hybridized carbons (Fsp3) is 0.342. The molecule has 47 heavy (non-hydrogen) atoms. The Bertz CT molecular complexity index is 1850. The molecule has 0 saturated heterocycles. The monoisotopic (exact) mass is 636 g/mol. The van der Waals surface area contributed by atoms with E-state index in [9.17, 15) is 14.7 Å². The second-order valence-electron chi connectivity index (χ2n) is 11.7. The molecule has 1 N–H and O–H groups in total. The predicted octanol–water partition coefficient (Wildman–Crippen LogP) is 7.65. The second kappa shape index (κ2) is 15.0. The quantitative estimate of drug-likeness (QED) is 0.181. The zero-order chi connectivity index (χ0) is 33.9. The molecule has 0 aromatic heterocycles. The van der Waals surface area contributed by atoms with Crippen LogP contribution in [0.4, 0.5) is 0 Å². The average Bonchev–Trinajstić information content (AvgIpc) is 3.66. The highest BCUT2D eigenvalue weighted by Crippen LogP contribution is 2.42. The zero-order valence-corrected chi connectivity index (χ0v) is 28.7. The number of fused-ring (bicyclic) bond motifs is 5. The van der Waals surface area contributed by atoms with Gasteiger partial charge >= 0.3 is 12.1 Å². The van der Waals surface area contributed by atoms with Crippen molar-refractivity contribution in [1.82, 2.24) is 0 Å². The Morgan fingerprint density at radius 3 is 2.02 bits per heavy atom. The van der Waals surface area contributed by atoms with Crippen LogP contribution in [0.1, 0.15) is 80.6 Å². The van der Waals surface area contributed by atoms with E-state index in [1.54, 1.807) is 13.8 Å². The maximum atomic E-state index is 12.9. The van der Waals surface area contributed by atoms with Gasteiger partial charge in [0.1, 0.15) is 0 Å². The van der Waals surface area contributed by atoms with Crippen LogP contribution in [0.3, 0.4) is 0 Å². The summed E-state index contributed by atoms with van der Waals surface area (Å²) in [7, 11) is 1.40. The Balaban J connectivity index is 0.00000144. The molecule has 4 heterocycles. The lowest BCUT2D eigenvalue weighted by Crippen LogP contribution is -2.07. The van der Waals surface area contributed by atoms with E-state index in [4.69, 9.17) is 29.3 Å². The number of hydrogen-bond donors (Lipinski definition) is 1. The van der Waals surface area contributed by atoms with Gasteiger partial charge in [-0.05, 0) is 130 Å². The van der Waals surface area contributed by atoms with Gasteiger partial charge in [0.2, 0.25) is 0 Å². The van der Waals surface area contributed by atoms with Gasteiger partial charge in [-0.2, -0.15) is 9.59 Å². The number of nitrogens with zero attached hydrogens (tertiary/aromatic N) is 3. The smallest absolute Gasteiger partial charge is 0.373 e. The Labute approximate surface area is 276 Å². The van der Waals surface area contributed by atoms with Gasteiger partial charge in [0.05, 0.1) is 47.1 Å². The first-order valence-electron chi connectivity index (χ1n) is 15.3. The van der Waals surface area contributed by atoms with E-state index in [0.717, 1.165) is 58.7 Å². The van der Waals surface area contributed by atoms with Crippen molar-refractivity contribution in [1.29, 1.82) is 0 Å². The molecule has 9 nitrogen and oxygen atoms in total. The molecular weight excluding hydrogens is 594 g/mol. The molecule has 5 rings (SSSR count). The molecule has 5 aliphatic rings. The third-order valence-corrected chi connectivity index (χ3v) is 8.79. The summed E-state index contributed by atoms with van der Waals surface area (Å²) in [5.74, 6) is -0.165. The molecule has 0 unspecified atom stereocenters. The fourth-order valence-electron chi connectivity index (χ4n) is 6.47. The number of esters is 1. The highest BCUT2D eigenvalue weighted by atomic mass is 16.5. The molecule has 1 aliphatic carbocycles. The van der Waals surface area contributed by atoms with Gasteiger partial charge in [-0.25, -0.2) is 15.0 Å². The number of carbonyl (C=O) groups excluding carboxylic acids is 4. The van der Waals surface area contributed by atoms with Gasteiger partial charge in [-0.1, -0.05) is 13.3 Å². The van der Waals surface area contributed by atoms with Crippen molar-refractivity contribution in [3.8, 4) is 0 Å². The number of ketones is 1. The molecule has 4 aliphatic heterocycles. The highest BCUT2D eigenvalue weighted by molar-refractivity contribution is 6.29.